The summed E-state index contributed by atoms with van der Waals surface area (Å²) in [4.78, 5) is 29.5. The van der Waals surface area contributed by atoms with Crippen LogP contribution in [0, 0.1) is 13.8 Å². The summed E-state index contributed by atoms with van der Waals surface area (Å²) in [5.74, 6) is -0.300. The Morgan fingerprint density at radius 2 is 1.92 bits per heavy atom. The lowest BCUT2D eigenvalue weighted by Gasteiger charge is -2.17. The first kappa shape index (κ1) is 18.8. The van der Waals surface area contributed by atoms with Crippen LogP contribution in [0.5, 0.6) is 0 Å². The van der Waals surface area contributed by atoms with E-state index >= 15 is 0 Å². The smallest absolute Gasteiger partial charge is 0.319 e. The van der Waals surface area contributed by atoms with E-state index in [0.29, 0.717) is 10.1 Å². The molecule has 0 radical (unpaired) electrons. The van der Waals surface area contributed by atoms with Gasteiger partial charge in [0, 0.05) is 37.8 Å². The third kappa shape index (κ3) is 4.71. The Balaban J connectivity index is 1.91. The number of halogens is 2. The molecule has 0 N–H and O–H groups in total. The van der Waals surface area contributed by atoms with E-state index < -0.39 is 6.55 Å². The van der Waals surface area contributed by atoms with Gasteiger partial charge in [0.25, 0.3) is 0 Å². The zero-order chi connectivity index (χ0) is 18.6. The van der Waals surface area contributed by atoms with Crippen LogP contribution in [-0.4, -0.2) is 33.2 Å². The van der Waals surface area contributed by atoms with Crippen molar-refractivity contribution >= 4 is 11.7 Å². The predicted molar refractivity (Wildman–Crippen MR) is 89.4 cm³/mol. The first-order chi connectivity index (χ1) is 11.8. The van der Waals surface area contributed by atoms with Crippen LogP contribution in [0.3, 0.4) is 0 Å². The number of aryl methyl sites for hydroxylation is 2. The van der Waals surface area contributed by atoms with Gasteiger partial charge in [-0.25, -0.2) is 4.98 Å². The zero-order valence-corrected chi connectivity index (χ0v) is 14.5. The van der Waals surface area contributed by atoms with E-state index in [9.17, 15) is 18.4 Å². The molecule has 0 spiro atoms. The number of hydrogen-bond acceptors (Lipinski definition) is 3. The lowest BCUT2D eigenvalue weighted by Crippen LogP contribution is -2.28. The summed E-state index contributed by atoms with van der Waals surface area (Å²) in [7, 11) is 1.51. The Kier molecular flexibility index (Phi) is 6.01. The largest absolute Gasteiger partial charge is 0.338 e. The molecule has 1 aromatic carbocycles. The number of Topliss-reactive ketones (excluding diaryl/α,β-unsaturated/α-hetero) is 1. The van der Waals surface area contributed by atoms with Gasteiger partial charge >= 0.3 is 6.55 Å². The molecule has 1 aromatic heterocycles. The molecule has 0 bridgehead atoms. The van der Waals surface area contributed by atoms with Crippen LogP contribution in [0.4, 0.5) is 8.78 Å². The van der Waals surface area contributed by atoms with Crippen molar-refractivity contribution in [2.24, 2.45) is 0 Å². The molecule has 25 heavy (non-hydrogen) atoms. The molecule has 2 aromatic rings. The van der Waals surface area contributed by atoms with Crippen LogP contribution in [-0.2, 0) is 11.3 Å². The molecule has 0 fully saturated rings. The summed E-state index contributed by atoms with van der Waals surface area (Å²) >= 11 is 0. The van der Waals surface area contributed by atoms with Crippen LogP contribution in [0.1, 0.15) is 46.7 Å². The Labute approximate surface area is 145 Å². The number of rotatable bonds is 7. The highest BCUT2D eigenvalue weighted by Gasteiger charge is 2.17. The molecule has 0 atom stereocenters. The minimum atomic E-state index is -2.70. The van der Waals surface area contributed by atoms with Crippen molar-refractivity contribution in [1.29, 1.82) is 0 Å². The SMILES string of the molecule is Cc1ccc(C(=O)CCC(=O)N(C)Cc2nccn2C(F)F)cc1C. The van der Waals surface area contributed by atoms with Gasteiger partial charge in [-0.15, -0.1) is 0 Å². The summed E-state index contributed by atoms with van der Waals surface area (Å²) in [5, 5.41) is 0. The minimum Gasteiger partial charge on any atom is -0.338 e. The molecule has 0 saturated heterocycles. The quantitative estimate of drug-likeness (QED) is 0.719. The zero-order valence-electron chi connectivity index (χ0n) is 14.5. The van der Waals surface area contributed by atoms with Gasteiger partial charge < -0.3 is 4.90 Å². The molecule has 0 aliphatic rings. The molecule has 1 heterocycles. The number of aromatic nitrogens is 2. The van der Waals surface area contributed by atoms with Crippen LogP contribution in [0.25, 0.3) is 0 Å². The maximum absolute atomic E-state index is 12.8. The van der Waals surface area contributed by atoms with Crippen molar-refractivity contribution in [2.75, 3.05) is 7.05 Å². The number of nitrogens with zero attached hydrogens (tertiary/aromatic N) is 3. The third-order valence-corrected chi connectivity index (χ3v) is 4.16. The molecule has 1 amide bonds. The average Bonchev–Trinajstić information content (AvgIpc) is 3.03. The van der Waals surface area contributed by atoms with Gasteiger partial charge in [-0.3, -0.25) is 14.2 Å². The lowest BCUT2D eigenvalue weighted by molar-refractivity contribution is -0.130. The van der Waals surface area contributed by atoms with Crippen molar-refractivity contribution in [3.8, 4) is 0 Å². The fourth-order valence-electron chi connectivity index (χ4n) is 2.41. The van der Waals surface area contributed by atoms with Crippen molar-refractivity contribution in [2.45, 2.75) is 39.8 Å². The number of hydrogen-bond donors (Lipinski definition) is 0. The third-order valence-electron chi connectivity index (χ3n) is 4.16. The van der Waals surface area contributed by atoms with Gasteiger partial charge in [0.2, 0.25) is 5.91 Å². The maximum atomic E-state index is 12.8. The van der Waals surface area contributed by atoms with Gasteiger partial charge in [0.05, 0.1) is 6.54 Å². The molecular formula is C18H21F2N3O2. The molecular weight excluding hydrogens is 328 g/mol. The fourth-order valence-corrected chi connectivity index (χ4v) is 2.41. The van der Waals surface area contributed by atoms with E-state index in [0.717, 1.165) is 11.1 Å². The number of carbonyl (C=O) groups is 2. The summed E-state index contributed by atoms with van der Waals surface area (Å²) in [6, 6.07) is 5.43. The standard InChI is InChI=1S/C18H21F2N3O2/c1-12-4-5-14(10-13(12)2)15(24)6-7-17(25)22(3)11-16-21-8-9-23(16)18(19)20/h4-5,8-10,18H,6-7,11H2,1-3H3. The highest BCUT2D eigenvalue weighted by molar-refractivity contribution is 5.98. The van der Waals surface area contributed by atoms with Crippen molar-refractivity contribution < 1.29 is 18.4 Å². The number of amides is 1. The van der Waals surface area contributed by atoms with E-state index in [1.165, 1.54) is 24.3 Å². The second-order valence-corrected chi connectivity index (χ2v) is 6.00. The number of ketones is 1. The van der Waals surface area contributed by atoms with Crippen molar-refractivity contribution in [3.05, 3.63) is 53.1 Å². The van der Waals surface area contributed by atoms with E-state index in [2.05, 4.69) is 4.98 Å². The van der Waals surface area contributed by atoms with Crippen LogP contribution in [0.2, 0.25) is 0 Å². The molecule has 134 valence electrons. The Morgan fingerprint density at radius 3 is 2.56 bits per heavy atom. The van der Waals surface area contributed by atoms with E-state index in [4.69, 9.17) is 0 Å². The second kappa shape index (κ2) is 8.00. The van der Waals surface area contributed by atoms with Gasteiger partial charge in [0.1, 0.15) is 5.82 Å². The Morgan fingerprint density at radius 1 is 1.20 bits per heavy atom. The molecule has 2 rings (SSSR count). The second-order valence-electron chi connectivity index (χ2n) is 6.00. The molecule has 5 nitrogen and oxygen atoms in total. The monoisotopic (exact) mass is 349 g/mol. The van der Waals surface area contributed by atoms with Gasteiger partial charge in [-0.2, -0.15) is 8.78 Å². The first-order valence-electron chi connectivity index (χ1n) is 7.94. The van der Waals surface area contributed by atoms with Gasteiger partial charge in [-0.1, -0.05) is 12.1 Å². The van der Waals surface area contributed by atoms with Crippen LogP contribution < -0.4 is 0 Å². The van der Waals surface area contributed by atoms with E-state index in [-0.39, 0.29) is 36.9 Å². The summed E-state index contributed by atoms with van der Waals surface area (Å²) in [6.07, 6.45) is 2.54. The maximum Gasteiger partial charge on any atom is 0.319 e. The molecule has 0 aliphatic carbocycles. The summed E-state index contributed by atoms with van der Waals surface area (Å²) < 4.78 is 26.3. The minimum absolute atomic E-state index is 0.0254. The average molecular weight is 349 g/mol. The first-order valence-corrected chi connectivity index (χ1v) is 7.94. The van der Waals surface area contributed by atoms with E-state index in [1.807, 2.05) is 26.0 Å². The lowest BCUT2D eigenvalue weighted by atomic mass is 10.0. The summed E-state index contributed by atoms with van der Waals surface area (Å²) in [5.41, 5.74) is 2.70. The van der Waals surface area contributed by atoms with Crippen molar-refractivity contribution in [3.63, 3.8) is 0 Å². The highest BCUT2D eigenvalue weighted by Crippen LogP contribution is 2.15. The molecule has 0 aliphatic heterocycles. The summed E-state index contributed by atoms with van der Waals surface area (Å²) in [6.45, 7) is 1.16. The van der Waals surface area contributed by atoms with E-state index in [1.54, 1.807) is 6.07 Å². The van der Waals surface area contributed by atoms with Crippen molar-refractivity contribution in [1.82, 2.24) is 14.5 Å². The number of carbonyl (C=O) groups excluding carboxylic acids is 2. The normalized spacial score (nSPS) is 11.0. The Bertz CT molecular complexity index is 771. The topological polar surface area (TPSA) is 55.2 Å². The molecule has 0 unspecified atom stereocenters. The highest BCUT2D eigenvalue weighted by atomic mass is 19.3. The molecule has 7 heteroatoms. The van der Waals surface area contributed by atoms with Crippen LogP contribution in [0.15, 0.2) is 30.6 Å². The number of imidazole rings is 1. The predicted octanol–water partition coefficient (Wildman–Crippen LogP) is 3.52. The number of benzene rings is 1. The number of alkyl halides is 2. The molecule has 0 saturated carbocycles. The fraction of sp³-hybridized carbons (Fsp3) is 0.389. The Hall–Kier alpha value is -2.57. The van der Waals surface area contributed by atoms with Crippen LogP contribution >= 0.6 is 0 Å². The van der Waals surface area contributed by atoms with Gasteiger partial charge in [0.15, 0.2) is 5.78 Å². The van der Waals surface area contributed by atoms with Gasteiger partial charge in [-0.05, 0) is 31.0 Å².